The Bertz CT molecular complexity index is 3010. The Kier molecular flexibility index (Phi) is 7.50. The van der Waals surface area contributed by atoms with Gasteiger partial charge in [-0.05, 0) is 90.3 Å². The third-order valence-corrected chi connectivity index (χ3v) is 11.2. The van der Waals surface area contributed by atoms with Gasteiger partial charge in [0.1, 0.15) is 0 Å². The van der Waals surface area contributed by atoms with Gasteiger partial charge in [-0.2, -0.15) is 0 Å². The van der Waals surface area contributed by atoms with Crippen LogP contribution in [-0.2, 0) is 5.41 Å². The normalized spacial score (nSPS) is 12.7. The van der Waals surface area contributed by atoms with Crippen LogP contribution in [0.4, 0.5) is 5.69 Å². The standard InChI is InChI=1S/C51H34N4/c1-51(2)46-16-10-9-15-43(46)44-26-23-38(31-47(44)51)49-53-48(37-20-19-35-29-34(17-18-36(35)30-37)32-21-24-39(52-3)25-22-32)54-50(55-49)45-28-27-40(33-11-5-4-6-12-33)41-13-7-8-14-42(41)45/h4-31H,1-2H3. The van der Waals surface area contributed by atoms with Gasteiger partial charge in [-0.3, -0.25) is 0 Å². The lowest BCUT2D eigenvalue weighted by Crippen LogP contribution is -2.15. The first-order chi connectivity index (χ1) is 26.9. The van der Waals surface area contributed by atoms with Gasteiger partial charge in [-0.15, -0.1) is 0 Å². The Morgan fingerprint density at radius 2 is 0.927 bits per heavy atom. The molecule has 0 fully saturated rings. The molecule has 9 aromatic rings. The van der Waals surface area contributed by atoms with E-state index < -0.39 is 0 Å². The molecule has 4 nitrogen and oxygen atoms in total. The Hall–Kier alpha value is -7.22. The predicted octanol–water partition coefficient (Wildman–Crippen LogP) is 13.4. The van der Waals surface area contributed by atoms with Crippen molar-refractivity contribution in [3.05, 3.63) is 192 Å². The van der Waals surface area contributed by atoms with E-state index in [0.29, 0.717) is 23.2 Å². The molecule has 0 saturated carbocycles. The first-order valence-corrected chi connectivity index (χ1v) is 18.6. The van der Waals surface area contributed by atoms with Crippen molar-refractivity contribution < 1.29 is 0 Å². The van der Waals surface area contributed by atoms with Crippen LogP contribution in [0.1, 0.15) is 25.0 Å². The topological polar surface area (TPSA) is 43.0 Å². The lowest BCUT2D eigenvalue weighted by atomic mass is 9.82. The van der Waals surface area contributed by atoms with Crippen molar-refractivity contribution in [2.75, 3.05) is 0 Å². The van der Waals surface area contributed by atoms with Gasteiger partial charge >= 0.3 is 0 Å². The van der Waals surface area contributed by atoms with E-state index in [9.17, 15) is 0 Å². The highest BCUT2D eigenvalue weighted by atomic mass is 15.0. The van der Waals surface area contributed by atoms with Gasteiger partial charge in [0.2, 0.25) is 0 Å². The van der Waals surface area contributed by atoms with Crippen molar-refractivity contribution in [1.82, 2.24) is 15.0 Å². The SMILES string of the molecule is [C-]#[N+]c1ccc(-c2ccc3cc(-c4nc(-c5ccc6c(c5)C(C)(C)c5ccccc5-6)nc(-c5ccc(-c6ccccc6)c6ccccc56)n4)ccc3c2)cc1. The maximum absolute atomic E-state index is 7.30. The third kappa shape index (κ3) is 5.48. The summed E-state index contributed by atoms with van der Waals surface area (Å²) in [6.45, 7) is 11.9. The van der Waals surface area contributed by atoms with E-state index in [2.05, 4.69) is 164 Å². The average Bonchev–Trinajstić information content (AvgIpc) is 3.48. The van der Waals surface area contributed by atoms with Crippen LogP contribution < -0.4 is 0 Å². The summed E-state index contributed by atoms with van der Waals surface area (Å²) in [4.78, 5) is 19.2. The van der Waals surface area contributed by atoms with Crippen molar-refractivity contribution in [2.24, 2.45) is 0 Å². The number of hydrogen-bond donors (Lipinski definition) is 0. The van der Waals surface area contributed by atoms with Crippen molar-refractivity contribution in [1.29, 1.82) is 0 Å². The zero-order valence-corrected chi connectivity index (χ0v) is 30.5. The third-order valence-electron chi connectivity index (χ3n) is 11.2. The molecular weight excluding hydrogens is 669 g/mol. The summed E-state index contributed by atoms with van der Waals surface area (Å²) < 4.78 is 0. The fourth-order valence-electron chi connectivity index (χ4n) is 8.25. The van der Waals surface area contributed by atoms with Crippen LogP contribution in [-0.4, -0.2) is 15.0 Å². The maximum Gasteiger partial charge on any atom is 0.187 e. The largest absolute Gasteiger partial charge is 0.238 e. The smallest absolute Gasteiger partial charge is 0.187 e. The fourth-order valence-corrected chi connectivity index (χ4v) is 8.25. The summed E-state index contributed by atoms with van der Waals surface area (Å²) >= 11 is 0. The molecule has 258 valence electrons. The summed E-state index contributed by atoms with van der Waals surface area (Å²) in [5, 5.41) is 4.45. The Labute approximate surface area is 320 Å². The summed E-state index contributed by atoms with van der Waals surface area (Å²) in [5.41, 5.74) is 13.0. The minimum atomic E-state index is -0.152. The van der Waals surface area contributed by atoms with Crippen LogP contribution in [0.5, 0.6) is 0 Å². The molecule has 0 radical (unpaired) electrons. The van der Waals surface area contributed by atoms with Crippen molar-refractivity contribution >= 4 is 27.2 Å². The molecule has 1 aliphatic rings. The molecule has 0 amide bonds. The fraction of sp³-hybridized carbons (Fsp3) is 0.0588. The molecule has 1 aromatic heterocycles. The van der Waals surface area contributed by atoms with Gasteiger partial charge in [0.25, 0.3) is 0 Å². The number of aromatic nitrogens is 3. The van der Waals surface area contributed by atoms with Gasteiger partial charge in [-0.25, -0.2) is 19.8 Å². The number of hydrogen-bond acceptors (Lipinski definition) is 3. The monoisotopic (exact) mass is 702 g/mol. The van der Waals surface area contributed by atoms with Crippen LogP contribution in [0, 0.1) is 6.57 Å². The average molecular weight is 703 g/mol. The molecule has 0 unspecified atom stereocenters. The molecule has 0 spiro atoms. The highest BCUT2D eigenvalue weighted by molar-refractivity contribution is 6.04. The van der Waals surface area contributed by atoms with Crippen LogP contribution in [0.3, 0.4) is 0 Å². The Morgan fingerprint density at radius 1 is 0.400 bits per heavy atom. The molecule has 1 heterocycles. The van der Waals surface area contributed by atoms with Gasteiger partial charge in [0, 0.05) is 22.1 Å². The first kappa shape index (κ1) is 32.4. The van der Waals surface area contributed by atoms with Crippen molar-refractivity contribution in [2.45, 2.75) is 19.3 Å². The first-order valence-electron chi connectivity index (χ1n) is 18.6. The zero-order chi connectivity index (χ0) is 37.1. The lowest BCUT2D eigenvalue weighted by molar-refractivity contribution is 0.660. The molecule has 0 atom stereocenters. The number of nitrogens with zero attached hydrogens (tertiary/aromatic N) is 4. The Balaban J connectivity index is 1.14. The molecule has 0 aliphatic heterocycles. The molecule has 0 bridgehead atoms. The molecule has 4 heteroatoms. The summed E-state index contributed by atoms with van der Waals surface area (Å²) in [7, 11) is 0. The molecule has 55 heavy (non-hydrogen) atoms. The van der Waals surface area contributed by atoms with E-state index in [0.717, 1.165) is 49.4 Å². The summed E-state index contributed by atoms with van der Waals surface area (Å²) in [6.07, 6.45) is 0. The van der Waals surface area contributed by atoms with Crippen LogP contribution >= 0.6 is 0 Å². The van der Waals surface area contributed by atoms with E-state index in [1.54, 1.807) is 0 Å². The highest BCUT2D eigenvalue weighted by Gasteiger charge is 2.35. The molecule has 0 N–H and O–H groups in total. The summed E-state index contributed by atoms with van der Waals surface area (Å²) in [5.74, 6) is 1.90. The molecule has 10 rings (SSSR count). The predicted molar refractivity (Wildman–Crippen MR) is 226 cm³/mol. The lowest BCUT2D eigenvalue weighted by Gasteiger charge is -2.21. The second kappa shape index (κ2) is 12.7. The second-order valence-electron chi connectivity index (χ2n) is 14.7. The van der Waals surface area contributed by atoms with E-state index in [-0.39, 0.29) is 5.41 Å². The minimum absolute atomic E-state index is 0.152. The highest BCUT2D eigenvalue weighted by Crippen LogP contribution is 2.49. The molecular formula is C51H34N4. The van der Waals surface area contributed by atoms with Crippen LogP contribution in [0.25, 0.3) is 93.9 Å². The molecule has 1 aliphatic carbocycles. The van der Waals surface area contributed by atoms with E-state index in [4.69, 9.17) is 21.5 Å². The number of fused-ring (bicyclic) bond motifs is 5. The van der Waals surface area contributed by atoms with Crippen LogP contribution in [0.15, 0.2) is 170 Å². The summed E-state index contributed by atoms with van der Waals surface area (Å²) in [6, 6.07) is 59.4. The Morgan fingerprint density at radius 3 is 1.67 bits per heavy atom. The van der Waals surface area contributed by atoms with Crippen molar-refractivity contribution in [3.8, 4) is 67.5 Å². The van der Waals surface area contributed by atoms with E-state index in [1.165, 1.54) is 33.4 Å². The maximum atomic E-state index is 7.30. The zero-order valence-electron chi connectivity index (χ0n) is 30.5. The van der Waals surface area contributed by atoms with Crippen LogP contribution in [0.2, 0.25) is 0 Å². The van der Waals surface area contributed by atoms with Gasteiger partial charge in [-0.1, -0.05) is 159 Å². The molecule has 8 aromatic carbocycles. The van der Waals surface area contributed by atoms with Gasteiger partial charge in [0.05, 0.1) is 6.57 Å². The number of rotatable bonds is 5. The van der Waals surface area contributed by atoms with Crippen molar-refractivity contribution in [3.63, 3.8) is 0 Å². The number of benzene rings is 8. The molecule has 0 saturated heterocycles. The van der Waals surface area contributed by atoms with E-state index >= 15 is 0 Å². The van der Waals surface area contributed by atoms with E-state index in [1.807, 2.05) is 24.3 Å². The van der Waals surface area contributed by atoms with Gasteiger partial charge in [0.15, 0.2) is 23.2 Å². The van der Waals surface area contributed by atoms with Gasteiger partial charge < -0.3 is 0 Å². The quantitative estimate of drug-likeness (QED) is 0.168. The minimum Gasteiger partial charge on any atom is -0.238 e. The second-order valence-corrected chi connectivity index (χ2v) is 14.7.